The van der Waals surface area contributed by atoms with E-state index in [9.17, 15) is 32.3 Å². The van der Waals surface area contributed by atoms with E-state index >= 15 is 0 Å². The van der Waals surface area contributed by atoms with Crippen molar-refractivity contribution < 1.29 is 37.0 Å². The number of phenols is 1. The Morgan fingerprint density at radius 2 is 1.82 bits per heavy atom. The lowest BCUT2D eigenvalue weighted by Crippen LogP contribution is -2.19. The Balaban J connectivity index is 2.49. The summed E-state index contributed by atoms with van der Waals surface area (Å²) in [6.07, 6.45) is 0.752. The van der Waals surface area contributed by atoms with Crippen molar-refractivity contribution in [2.24, 2.45) is 0 Å². The molecule has 0 bridgehead atoms. The van der Waals surface area contributed by atoms with Gasteiger partial charge < -0.3 is 15.2 Å². The molecule has 0 radical (unpaired) electrons. The maximum absolute atomic E-state index is 13.9. The Hall–Kier alpha value is -3.07. The Labute approximate surface area is 161 Å². The molecule has 28 heavy (non-hydrogen) atoms. The Morgan fingerprint density at radius 3 is 2.43 bits per heavy atom. The highest BCUT2D eigenvalue weighted by Gasteiger charge is 2.28. The molecular formula is C18H12ClF4NO4. The SMILES string of the molecule is CCOC(=O)/C(=C\Nc1ccc(Cl)cc1O)C(=O)c1cc(F)c(F)c(F)c1F. The lowest BCUT2D eigenvalue weighted by Gasteiger charge is -2.10. The number of phenolic OH excluding ortho intramolecular Hbond substituents is 1. The van der Waals surface area contributed by atoms with Gasteiger partial charge in [0.05, 0.1) is 17.9 Å². The molecule has 10 heteroatoms. The van der Waals surface area contributed by atoms with E-state index in [1.807, 2.05) is 0 Å². The van der Waals surface area contributed by atoms with Gasteiger partial charge in [-0.05, 0) is 25.1 Å². The maximum atomic E-state index is 13.9. The fraction of sp³-hybridized carbons (Fsp3) is 0.111. The van der Waals surface area contributed by atoms with E-state index in [2.05, 4.69) is 10.1 Å². The number of halogens is 5. The predicted molar refractivity (Wildman–Crippen MR) is 92.1 cm³/mol. The molecule has 0 aliphatic carbocycles. The second-order valence-electron chi connectivity index (χ2n) is 5.26. The molecular weight excluding hydrogens is 406 g/mol. The van der Waals surface area contributed by atoms with Crippen LogP contribution in [0.3, 0.4) is 0 Å². The van der Waals surface area contributed by atoms with Gasteiger partial charge in [0.15, 0.2) is 23.3 Å². The van der Waals surface area contributed by atoms with Crippen molar-refractivity contribution in [2.75, 3.05) is 11.9 Å². The minimum absolute atomic E-state index is 0.0101. The molecule has 0 saturated heterocycles. The topological polar surface area (TPSA) is 75.6 Å². The molecule has 2 aromatic carbocycles. The minimum Gasteiger partial charge on any atom is -0.506 e. The number of carbonyl (C=O) groups excluding carboxylic acids is 2. The first-order valence-electron chi connectivity index (χ1n) is 7.67. The number of anilines is 1. The summed E-state index contributed by atoms with van der Waals surface area (Å²) in [6.45, 7) is 1.26. The van der Waals surface area contributed by atoms with Gasteiger partial charge in [0.1, 0.15) is 11.3 Å². The highest BCUT2D eigenvalue weighted by atomic mass is 35.5. The summed E-state index contributed by atoms with van der Waals surface area (Å²) < 4.78 is 58.5. The monoisotopic (exact) mass is 417 g/mol. The third-order valence-electron chi connectivity index (χ3n) is 3.42. The van der Waals surface area contributed by atoms with Gasteiger partial charge >= 0.3 is 5.97 Å². The van der Waals surface area contributed by atoms with E-state index < -0.39 is 46.2 Å². The third kappa shape index (κ3) is 4.42. The largest absolute Gasteiger partial charge is 0.506 e. The number of carbonyl (C=O) groups is 2. The summed E-state index contributed by atoms with van der Waals surface area (Å²) in [7, 11) is 0. The number of ketones is 1. The normalized spacial score (nSPS) is 11.3. The van der Waals surface area contributed by atoms with Gasteiger partial charge in [-0.2, -0.15) is 0 Å². The van der Waals surface area contributed by atoms with Crippen LogP contribution in [-0.2, 0) is 9.53 Å². The summed E-state index contributed by atoms with van der Waals surface area (Å²) in [5.41, 5.74) is -2.05. The standard InChI is InChI=1S/C18H12ClF4NO4/c1-2-28-18(27)10(7-24-12-4-3-8(19)5-13(12)25)17(26)9-6-11(20)15(22)16(23)14(9)21/h3-7,24-25H,2H2,1H3/b10-7-. The smallest absolute Gasteiger partial charge is 0.343 e. The molecule has 148 valence electrons. The Morgan fingerprint density at radius 1 is 1.14 bits per heavy atom. The number of esters is 1. The van der Waals surface area contributed by atoms with Crippen molar-refractivity contribution in [3.05, 3.63) is 69.9 Å². The average molecular weight is 418 g/mol. The van der Waals surface area contributed by atoms with Crippen molar-refractivity contribution in [1.82, 2.24) is 0 Å². The van der Waals surface area contributed by atoms with Crippen LogP contribution < -0.4 is 5.32 Å². The van der Waals surface area contributed by atoms with Crippen molar-refractivity contribution in [1.29, 1.82) is 0 Å². The zero-order chi connectivity index (χ0) is 21.0. The van der Waals surface area contributed by atoms with Crippen LogP contribution in [0.1, 0.15) is 17.3 Å². The number of ether oxygens (including phenoxy) is 1. The molecule has 0 aliphatic heterocycles. The lowest BCUT2D eigenvalue weighted by atomic mass is 10.0. The number of hydrogen-bond donors (Lipinski definition) is 2. The predicted octanol–water partition coefficient (Wildman–Crippen LogP) is 4.34. The highest BCUT2D eigenvalue weighted by Crippen LogP contribution is 2.27. The average Bonchev–Trinajstić information content (AvgIpc) is 2.64. The molecule has 0 aromatic heterocycles. The molecule has 2 aromatic rings. The quantitative estimate of drug-likeness (QED) is 0.0841. The van der Waals surface area contributed by atoms with Crippen molar-refractivity contribution >= 4 is 29.0 Å². The minimum atomic E-state index is -2.20. The van der Waals surface area contributed by atoms with Crippen LogP contribution in [0.4, 0.5) is 23.2 Å². The van der Waals surface area contributed by atoms with Gasteiger partial charge in [0.2, 0.25) is 5.78 Å². The maximum Gasteiger partial charge on any atom is 0.343 e. The zero-order valence-electron chi connectivity index (χ0n) is 14.2. The summed E-state index contributed by atoms with van der Waals surface area (Å²) in [5.74, 6) is -11.1. The molecule has 0 aliphatic rings. The molecule has 0 unspecified atom stereocenters. The summed E-state index contributed by atoms with van der Waals surface area (Å²) in [5, 5.41) is 12.4. The summed E-state index contributed by atoms with van der Waals surface area (Å²) in [6, 6.07) is 3.98. The van der Waals surface area contributed by atoms with Gasteiger partial charge in [0, 0.05) is 17.3 Å². The van der Waals surface area contributed by atoms with Crippen LogP contribution in [0.5, 0.6) is 5.75 Å². The fourth-order valence-corrected chi connectivity index (χ4v) is 2.25. The van der Waals surface area contributed by atoms with Crippen LogP contribution in [0.25, 0.3) is 0 Å². The van der Waals surface area contributed by atoms with Crippen LogP contribution in [0, 0.1) is 23.3 Å². The molecule has 2 rings (SSSR count). The number of nitrogens with one attached hydrogen (secondary N) is 1. The van der Waals surface area contributed by atoms with Gasteiger partial charge in [-0.1, -0.05) is 11.6 Å². The number of aromatic hydroxyl groups is 1. The molecule has 2 N–H and O–H groups in total. The fourth-order valence-electron chi connectivity index (χ4n) is 2.09. The van der Waals surface area contributed by atoms with E-state index in [1.165, 1.54) is 19.1 Å². The van der Waals surface area contributed by atoms with Gasteiger partial charge in [-0.25, -0.2) is 22.4 Å². The summed E-state index contributed by atoms with van der Waals surface area (Å²) >= 11 is 5.69. The Bertz CT molecular complexity index is 979. The van der Waals surface area contributed by atoms with E-state index in [0.29, 0.717) is 0 Å². The highest BCUT2D eigenvalue weighted by molar-refractivity contribution is 6.30. The molecule has 0 saturated carbocycles. The van der Waals surface area contributed by atoms with Crippen molar-refractivity contribution in [2.45, 2.75) is 6.92 Å². The number of hydrogen-bond acceptors (Lipinski definition) is 5. The second-order valence-corrected chi connectivity index (χ2v) is 5.70. The Kier molecular flexibility index (Phi) is 6.63. The molecule has 0 spiro atoms. The first kappa shape index (κ1) is 21.2. The first-order chi connectivity index (χ1) is 13.2. The van der Waals surface area contributed by atoms with E-state index in [0.717, 1.165) is 12.3 Å². The molecule has 0 fully saturated rings. The number of rotatable bonds is 6. The number of Topliss-reactive ketones (excluding diaryl/α,β-unsaturated/α-hetero) is 1. The second kappa shape index (κ2) is 8.75. The van der Waals surface area contributed by atoms with Crippen molar-refractivity contribution in [3.8, 4) is 5.75 Å². The van der Waals surface area contributed by atoms with Crippen LogP contribution >= 0.6 is 11.6 Å². The number of benzene rings is 2. The summed E-state index contributed by atoms with van der Waals surface area (Å²) in [4.78, 5) is 24.5. The van der Waals surface area contributed by atoms with E-state index in [-0.39, 0.29) is 29.1 Å². The van der Waals surface area contributed by atoms with Gasteiger partial charge in [-0.3, -0.25) is 4.79 Å². The van der Waals surface area contributed by atoms with Crippen molar-refractivity contribution in [3.63, 3.8) is 0 Å². The zero-order valence-corrected chi connectivity index (χ0v) is 14.9. The van der Waals surface area contributed by atoms with Crippen LogP contribution in [0.15, 0.2) is 36.0 Å². The molecule has 5 nitrogen and oxygen atoms in total. The van der Waals surface area contributed by atoms with Gasteiger partial charge in [-0.15, -0.1) is 0 Å². The van der Waals surface area contributed by atoms with Crippen LogP contribution in [-0.4, -0.2) is 23.5 Å². The van der Waals surface area contributed by atoms with E-state index in [1.54, 1.807) is 0 Å². The molecule has 0 atom stereocenters. The molecule has 0 amide bonds. The first-order valence-corrected chi connectivity index (χ1v) is 8.05. The lowest BCUT2D eigenvalue weighted by molar-refractivity contribution is -0.138. The third-order valence-corrected chi connectivity index (χ3v) is 3.65. The van der Waals surface area contributed by atoms with Crippen LogP contribution in [0.2, 0.25) is 5.02 Å². The van der Waals surface area contributed by atoms with E-state index in [4.69, 9.17) is 11.6 Å². The van der Waals surface area contributed by atoms with Gasteiger partial charge in [0.25, 0.3) is 0 Å². The molecule has 0 heterocycles.